The molecule has 1 heterocycles. The minimum Gasteiger partial charge on any atom is -0.465 e. The number of carbonyl (C=O) groups excluding carboxylic acids is 2. The van der Waals surface area contributed by atoms with Crippen LogP contribution >= 0.6 is 11.6 Å². The molecule has 1 amide bonds. The van der Waals surface area contributed by atoms with Gasteiger partial charge < -0.3 is 15.0 Å². The Hall–Kier alpha value is -2.79. The third kappa shape index (κ3) is 3.12. The van der Waals surface area contributed by atoms with Crippen LogP contribution in [0.1, 0.15) is 26.3 Å². The fourth-order valence-corrected chi connectivity index (χ4v) is 2.77. The molecule has 0 aliphatic rings. The van der Waals surface area contributed by atoms with Gasteiger partial charge in [-0.15, -0.1) is 0 Å². The number of halogens is 1. The number of ether oxygens (including phenoxy) is 1. The fourth-order valence-electron chi connectivity index (χ4n) is 2.51. The first kappa shape index (κ1) is 16.1. The summed E-state index contributed by atoms with van der Waals surface area (Å²) in [6.45, 7) is 0.393. The summed E-state index contributed by atoms with van der Waals surface area (Å²) in [5, 5.41) is 4.11. The van der Waals surface area contributed by atoms with Crippen LogP contribution in [0.3, 0.4) is 0 Å². The molecule has 0 unspecified atom stereocenters. The van der Waals surface area contributed by atoms with Gasteiger partial charge in [0.15, 0.2) is 0 Å². The monoisotopic (exact) mass is 342 g/mol. The van der Waals surface area contributed by atoms with E-state index in [4.69, 9.17) is 11.6 Å². The Morgan fingerprint density at radius 2 is 2.04 bits per heavy atom. The fraction of sp³-hybridized carbons (Fsp3) is 0.111. The van der Waals surface area contributed by atoms with Crippen LogP contribution in [0.15, 0.2) is 48.7 Å². The Labute approximate surface area is 143 Å². The number of aromatic amines is 1. The highest BCUT2D eigenvalue weighted by molar-refractivity contribution is 6.34. The van der Waals surface area contributed by atoms with E-state index in [1.807, 2.05) is 30.5 Å². The average Bonchev–Trinajstić information content (AvgIpc) is 3.08. The molecular formula is C18H15ClN2O3. The molecule has 6 heteroatoms. The van der Waals surface area contributed by atoms with Gasteiger partial charge in [-0.3, -0.25) is 4.79 Å². The molecule has 0 spiro atoms. The Morgan fingerprint density at radius 3 is 2.79 bits per heavy atom. The SMILES string of the molecule is COC(=O)c1ccc(C(=O)NCc2cccc3[nH]ccc23)cc1Cl. The number of hydrogen-bond donors (Lipinski definition) is 2. The molecule has 3 rings (SSSR count). The number of amides is 1. The number of carbonyl (C=O) groups is 2. The van der Waals surface area contributed by atoms with Gasteiger partial charge in [0, 0.05) is 29.2 Å². The van der Waals surface area contributed by atoms with E-state index in [1.165, 1.54) is 19.2 Å². The predicted molar refractivity (Wildman–Crippen MR) is 92.3 cm³/mol. The number of rotatable bonds is 4. The zero-order valence-corrected chi connectivity index (χ0v) is 13.7. The molecule has 2 N–H and O–H groups in total. The zero-order chi connectivity index (χ0) is 17.1. The molecule has 0 aliphatic carbocycles. The minimum atomic E-state index is -0.536. The van der Waals surface area contributed by atoms with Gasteiger partial charge in [-0.05, 0) is 35.9 Å². The Bertz CT molecular complexity index is 918. The van der Waals surface area contributed by atoms with E-state index in [1.54, 1.807) is 6.07 Å². The van der Waals surface area contributed by atoms with Crippen LogP contribution in [-0.4, -0.2) is 24.0 Å². The van der Waals surface area contributed by atoms with Crippen molar-refractivity contribution in [3.05, 3.63) is 70.4 Å². The van der Waals surface area contributed by atoms with E-state index in [2.05, 4.69) is 15.0 Å². The van der Waals surface area contributed by atoms with Crippen LogP contribution in [0.4, 0.5) is 0 Å². The normalized spacial score (nSPS) is 10.6. The number of esters is 1. The molecule has 0 atom stereocenters. The van der Waals surface area contributed by atoms with E-state index < -0.39 is 5.97 Å². The van der Waals surface area contributed by atoms with Crippen molar-refractivity contribution < 1.29 is 14.3 Å². The third-order valence-corrected chi connectivity index (χ3v) is 4.07. The molecule has 3 aromatic rings. The largest absolute Gasteiger partial charge is 0.465 e. The maximum atomic E-state index is 12.3. The van der Waals surface area contributed by atoms with Gasteiger partial charge in [0.1, 0.15) is 0 Å². The van der Waals surface area contributed by atoms with Gasteiger partial charge >= 0.3 is 5.97 Å². The zero-order valence-electron chi connectivity index (χ0n) is 12.9. The molecule has 1 aromatic heterocycles. The van der Waals surface area contributed by atoms with E-state index in [-0.39, 0.29) is 16.5 Å². The van der Waals surface area contributed by atoms with Crippen LogP contribution in [-0.2, 0) is 11.3 Å². The van der Waals surface area contributed by atoms with E-state index in [9.17, 15) is 9.59 Å². The molecule has 24 heavy (non-hydrogen) atoms. The van der Waals surface area contributed by atoms with Gasteiger partial charge in [0.25, 0.3) is 5.91 Å². The Morgan fingerprint density at radius 1 is 1.21 bits per heavy atom. The topological polar surface area (TPSA) is 71.2 Å². The van der Waals surface area contributed by atoms with Crippen LogP contribution in [0.2, 0.25) is 5.02 Å². The Kier molecular flexibility index (Phi) is 4.53. The molecule has 0 fully saturated rings. The second kappa shape index (κ2) is 6.76. The van der Waals surface area contributed by atoms with Crippen molar-refractivity contribution in [2.75, 3.05) is 7.11 Å². The first-order valence-electron chi connectivity index (χ1n) is 7.31. The van der Waals surface area contributed by atoms with Gasteiger partial charge in [-0.1, -0.05) is 23.7 Å². The third-order valence-electron chi connectivity index (χ3n) is 3.76. The molecule has 0 aliphatic heterocycles. The van der Waals surface area contributed by atoms with Crippen molar-refractivity contribution in [2.45, 2.75) is 6.54 Å². The highest BCUT2D eigenvalue weighted by atomic mass is 35.5. The molecule has 0 saturated heterocycles. The number of methoxy groups -OCH3 is 1. The summed E-state index contributed by atoms with van der Waals surface area (Å²) < 4.78 is 4.63. The quantitative estimate of drug-likeness (QED) is 0.712. The second-order valence-corrected chi connectivity index (χ2v) is 5.63. The number of H-pyrrole nitrogens is 1. The number of fused-ring (bicyclic) bond motifs is 1. The summed E-state index contributed by atoms with van der Waals surface area (Å²) in [4.78, 5) is 27.0. The number of aromatic nitrogens is 1. The van der Waals surface area contributed by atoms with Crippen LogP contribution in [0.25, 0.3) is 10.9 Å². The molecular weight excluding hydrogens is 328 g/mol. The summed E-state index contributed by atoms with van der Waals surface area (Å²) in [6.07, 6.45) is 1.86. The average molecular weight is 343 g/mol. The Balaban J connectivity index is 1.74. The van der Waals surface area contributed by atoms with E-state index in [0.29, 0.717) is 12.1 Å². The molecule has 0 saturated carbocycles. The summed E-state index contributed by atoms with van der Waals surface area (Å²) >= 11 is 6.04. The van der Waals surface area contributed by atoms with Crippen molar-refractivity contribution in [1.29, 1.82) is 0 Å². The lowest BCUT2D eigenvalue weighted by atomic mass is 10.1. The number of nitrogens with one attached hydrogen (secondary N) is 2. The maximum absolute atomic E-state index is 12.3. The van der Waals surface area contributed by atoms with Gasteiger partial charge in [-0.2, -0.15) is 0 Å². The highest BCUT2D eigenvalue weighted by Gasteiger charge is 2.14. The smallest absolute Gasteiger partial charge is 0.339 e. The van der Waals surface area contributed by atoms with Crippen molar-refractivity contribution in [1.82, 2.24) is 10.3 Å². The van der Waals surface area contributed by atoms with Crippen molar-refractivity contribution >= 4 is 34.4 Å². The van der Waals surface area contributed by atoms with Gasteiger partial charge in [0.05, 0.1) is 17.7 Å². The van der Waals surface area contributed by atoms with Crippen LogP contribution in [0.5, 0.6) is 0 Å². The molecule has 0 bridgehead atoms. The van der Waals surface area contributed by atoms with Crippen LogP contribution < -0.4 is 5.32 Å². The van der Waals surface area contributed by atoms with Crippen molar-refractivity contribution in [3.63, 3.8) is 0 Å². The summed E-state index contributed by atoms with van der Waals surface area (Å²) in [5.74, 6) is -0.799. The summed E-state index contributed by atoms with van der Waals surface area (Å²) in [6, 6.07) is 12.3. The lowest BCUT2D eigenvalue weighted by Gasteiger charge is -2.08. The molecule has 5 nitrogen and oxygen atoms in total. The molecule has 0 radical (unpaired) electrons. The van der Waals surface area contributed by atoms with Gasteiger partial charge in [-0.25, -0.2) is 4.79 Å². The standard InChI is InChI=1S/C18H15ClN2O3/c1-24-18(23)14-6-5-11(9-15(14)19)17(22)21-10-12-3-2-4-16-13(12)7-8-20-16/h2-9,20H,10H2,1H3,(H,21,22). The van der Waals surface area contributed by atoms with E-state index in [0.717, 1.165) is 16.5 Å². The first-order valence-corrected chi connectivity index (χ1v) is 7.69. The number of hydrogen-bond acceptors (Lipinski definition) is 3. The maximum Gasteiger partial charge on any atom is 0.339 e. The second-order valence-electron chi connectivity index (χ2n) is 5.22. The summed E-state index contributed by atoms with van der Waals surface area (Å²) in [5.41, 5.74) is 2.65. The van der Waals surface area contributed by atoms with Gasteiger partial charge in [0.2, 0.25) is 0 Å². The lowest BCUT2D eigenvalue weighted by molar-refractivity contribution is 0.0600. The first-order chi connectivity index (χ1) is 11.6. The van der Waals surface area contributed by atoms with Crippen molar-refractivity contribution in [3.8, 4) is 0 Å². The van der Waals surface area contributed by atoms with Crippen LogP contribution in [0, 0.1) is 0 Å². The minimum absolute atomic E-state index is 0.183. The molecule has 122 valence electrons. The highest BCUT2D eigenvalue weighted by Crippen LogP contribution is 2.20. The van der Waals surface area contributed by atoms with E-state index >= 15 is 0 Å². The molecule has 2 aromatic carbocycles. The predicted octanol–water partition coefficient (Wildman–Crippen LogP) is 3.54. The van der Waals surface area contributed by atoms with Crippen molar-refractivity contribution in [2.24, 2.45) is 0 Å². The number of benzene rings is 2. The summed E-state index contributed by atoms with van der Waals surface area (Å²) in [7, 11) is 1.28. The lowest BCUT2D eigenvalue weighted by Crippen LogP contribution is -2.23.